The van der Waals surface area contributed by atoms with Crippen molar-refractivity contribution in [2.75, 3.05) is 4.90 Å². The van der Waals surface area contributed by atoms with Crippen LogP contribution in [0.4, 0.5) is 17.1 Å². The summed E-state index contributed by atoms with van der Waals surface area (Å²) in [5.41, 5.74) is 17.7. The molecule has 0 aliphatic carbocycles. The highest BCUT2D eigenvalue weighted by atomic mass is 15.1. The molecule has 0 bridgehead atoms. The van der Waals surface area contributed by atoms with E-state index in [-0.39, 0.29) is 5.92 Å². The van der Waals surface area contributed by atoms with Crippen molar-refractivity contribution in [1.29, 1.82) is 0 Å². The van der Waals surface area contributed by atoms with Gasteiger partial charge in [0, 0.05) is 23.0 Å². The van der Waals surface area contributed by atoms with Crippen LogP contribution >= 0.6 is 0 Å². The molecule has 0 aliphatic rings. The summed E-state index contributed by atoms with van der Waals surface area (Å²) in [7, 11) is 0. The minimum atomic E-state index is 0.184. The average molecular weight is 572 g/mol. The van der Waals surface area contributed by atoms with E-state index in [9.17, 15) is 0 Å². The SMILES string of the molecule is Cc1cccc(C(c2cccc(C)c2)c2ccc(-c3ccc(N(c4cccc(C)c4)c4cccc(C)c4)cc3C)c(C)c2)c1. The Hall–Kier alpha value is -4.88. The normalized spacial score (nSPS) is 11.2. The summed E-state index contributed by atoms with van der Waals surface area (Å²) in [6.07, 6.45) is 0. The fourth-order valence-corrected chi connectivity index (χ4v) is 6.52. The van der Waals surface area contributed by atoms with Crippen LogP contribution in [0.3, 0.4) is 0 Å². The molecule has 6 aromatic carbocycles. The van der Waals surface area contributed by atoms with Gasteiger partial charge in [-0.15, -0.1) is 0 Å². The fraction of sp³-hybridized carbons (Fsp3) is 0.163. The Labute approximate surface area is 263 Å². The first-order valence-electron chi connectivity index (χ1n) is 15.5. The molecule has 0 saturated heterocycles. The molecule has 0 aromatic heterocycles. The van der Waals surface area contributed by atoms with E-state index < -0.39 is 0 Å². The Bertz CT molecular complexity index is 1710. The first-order valence-corrected chi connectivity index (χ1v) is 15.5. The quantitative estimate of drug-likeness (QED) is 0.172. The van der Waals surface area contributed by atoms with Crippen LogP contribution in [0.1, 0.15) is 56.0 Å². The number of nitrogens with zero attached hydrogens (tertiary/aromatic N) is 1. The standard InChI is InChI=1S/C43H41N/c1-29-11-7-15-35(23-29)43(36-16-8-12-30(2)24-36)37-19-21-41(33(5)27-37)42-22-20-40(28-34(42)6)44(38-17-9-13-31(3)25-38)39-18-10-14-32(4)26-39/h7-28,43H,1-6H3. The largest absolute Gasteiger partial charge is 0.310 e. The van der Waals surface area contributed by atoms with Crippen molar-refractivity contribution in [3.8, 4) is 11.1 Å². The van der Waals surface area contributed by atoms with E-state index in [1.54, 1.807) is 0 Å². The predicted molar refractivity (Wildman–Crippen MR) is 189 cm³/mol. The van der Waals surface area contributed by atoms with Crippen molar-refractivity contribution in [2.24, 2.45) is 0 Å². The maximum Gasteiger partial charge on any atom is 0.0464 e. The molecular formula is C43H41N. The second-order valence-corrected chi connectivity index (χ2v) is 12.3. The lowest BCUT2D eigenvalue weighted by molar-refractivity contribution is 0.969. The summed E-state index contributed by atoms with van der Waals surface area (Å²) in [6.45, 7) is 13.1. The predicted octanol–water partition coefficient (Wildman–Crippen LogP) is 11.9. The van der Waals surface area contributed by atoms with Crippen LogP contribution in [-0.4, -0.2) is 0 Å². The average Bonchev–Trinajstić information content (AvgIpc) is 2.98. The molecule has 0 atom stereocenters. The first-order chi connectivity index (χ1) is 21.3. The van der Waals surface area contributed by atoms with E-state index in [4.69, 9.17) is 0 Å². The molecule has 0 aliphatic heterocycles. The highest BCUT2D eigenvalue weighted by Gasteiger charge is 2.20. The number of aryl methyl sites for hydroxylation is 6. The minimum Gasteiger partial charge on any atom is -0.310 e. The van der Waals surface area contributed by atoms with Crippen molar-refractivity contribution in [3.05, 3.63) is 184 Å². The van der Waals surface area contributed by atoms with E-state index in [1.807, 2.05) is 0 Å². The van der Waals surface area contributed by atoms with Gasteiger partial charge in [-0.05, 0) is 128 Å². The van der Waals surface area contributed by atoms with E-state index in [1.165, 1.54) is 72.6 Å². The van der Waals surface area contributed by atoms with Gasteiger partial charge in [0.2, 0.25) is 0 Å². The molecular weight excluding hydrogens is 530 g/mol. The summed E-state index contributed by atoms with van der Waals surface area (Å²) in [5.74, 6) is 0.184. The molecule has 44 heavy (non-hydrogen) atoms. The third-order valence-electron chi connectivity index (χ3n) is 8.61. The lowest BCUT2D eigenvalue weighted by atomic mass is 9.82. The maximum absolute atomic E-state index is 2.39. The second kappa shape index (κ2) is 12.4. The van der Waals surface area contributed by atoms with E-state index in [0.29, 0.717) is 0 Å². The fourth-order valence-electron chi connectivity index (χ4n) is 6.52. The lowest BCUT2D eigenvalue weighted by Gasteiger charge is -2.27. The van der Waals surface area contributed by atoms with Gasteiger partial charge in [-0.2, -0.15) is 0 Å². The van der Waals surface area contributed by atoms with Crippen molar-refractivity contribution in [3.63, 3.8) is 0 Å². The first kappa shape index (κ1) is 29.2. The van der Waals surface area contributed by atoms with Gasteiger partial charge >= 0.3 is 0 Å². The molecule has 218 valence electrons. The van der Waals surface area contributed by atoms with E-state index in [2.05, 4.69) is 180 Å². The molecule has 6 aromatic rings. The van der Waals surface area contributed by atoms with Crippen LogP contribution < -0.4 is 4.90 Å². The summed E-state index contributed by atoms with van der Waals surface area (Å²) in [4.78, 5) is 2.36. The third kappa shape index (κ3) is 6.10. The summed E-state index contributed by atoms with van der Waals surface area (Å²) in [6, 6.07) is 49.3. The van der Waals surface area contributed by atoms with Gasteiger partial charge in [-0.3, -0.25) is 0 Å². The van der Waals surface area contributed by atoms with Gasteiger partial charge in [-0.1, -0.05) is 108 Å². The zero-order valence-corrected chi connectivity index (χ0v) is 26.7. The Morgan fingerprint density at radius 2 is 0.773 bits per heavy atom. The van der Waals surface area contributed by atoms with Gasteiger partial charge in [0.25, 0.3) is 0 Å². The van der Waals surface area contributed by atoms with E-state index >= 15 is 0 Å². The Morgan fingerprint density at radius 3 is 1.23 bits per heavy atom. The van der Waals surface area contributed by atoms with Crippen LogP contribution in [0.5, 0.6) is 0 Å². The number of hydrogen-bond acceptors (Lipinski definition) is 1. The zero-order chi connectivity index (χ0) is 30.8. The van der Waals surface area contributed by atoms with Crippen molar-refractivity contribution < 1.29 is 0 Å². The highest BCUT2D eigenvalue weighted by molar-refractivity contribution is 5.81. The van der Waals surface area contributed by atoms with Gasteiger partial charge in [0.15, 0.2) is 0 Å². The molecule has 0 amide bonds. The molecule has 0 fully saturated rings. The second-order valence-electron chi connectivity index (χ2n) is 12.3. The van der Waals surface area contributed by atoms with Crippen LogP contribution in [-0.2, 0) is 0 Å². The monoisotopic (exact) mass is 571 g/mol. The van der Waals surface area contributed by atoms with E-state index in [0.717, 1.165) is 5.69 Å². The summed E-state index contributed by atoms with van der Waals surface area (Å²) < 4.78 is 0. The molecule has 0 heterocycles. The molecule has 6 rings (SSSR count). The topological polar surface area (TPSA) is 3.24 Å². The number of rotatable bonds is 7. The molecule has 0 saturated carbocycles. The highest BCUT2D eigenvalue weighted by Crippen LogP contribution is 2.40. The Balaban J connectivity index is 1.40. The number of hydrogen-bond donors (Lipinski definition) is 0. The molecule has 1 heteroatoms. The van der Waals surface area contributed by atoms with Crippen molar-refractivity contribution in [1.82, 2.24) is 0 Å². The van der Waals surface area contributed by atoms with Crippen LogP contribution in [0.25, 0.3) is 11.1 Å². The van der Waals surface area contributed by atoms with Gasteiger partial charge in [-0.25, -0.2) is 0 Å². The summed E-state index contributed by atoms with van der Waals surface area (Å²) in [5, 5.41) is 0. The third-order valence-corrected chi connectivity index (χ3v) is 8.61. The Kier molecular flexibility index (Phi) is 8.22. The minimum absolute atomic E-state index is 0.184. The number of benzene rings is 6. The van der Waals surface area contributed by atoms with Crippen LogP contribution in [0.2, 0.25) is 0 Å². The maximum atomic E-state index is 2.39. The molecule has 0 N–H and O–H groups in total. The van der Waals surface area contributed by atoms with Gasteiger partial charge in [0.05, 0.1) is 0 Å². The van der Waals surface area contributed by atoms with Crippen LogP contribution in [0, 0.1) is 41.5 Å². The molecule has 0 spiro atoms. The summed E-state index contributed by atoms with van der Waals surface area (Å²) >= 11 is 0. The lowest BCUT2D eigenvalue weighted by Crippen LogP contribution is -2.10. The smallest absolute Gasteiger partial charge is 0.0464 e. The Morgan fingerprint density at radius 1 is 0.364 bits per heavy atom. The van der Waals surface area contributed by atoms with Gasteiger partial charge in [0.1, 0.15) is 0 Å². The molecule has 0 radical (unpaired) electrons. The number of anilines is 3. The molecule has 0 unspecified atom stereocenters. The van der Waals surface area contributed by atoms with Crippen molar-refractivity contribution in [2.45, 2.75) is 47.5 Å². The zero-order valence-electron chi connectivity index (χ0n) is 26.7. The van der Waals surface area contributed by atoms with Gasteiger partial charge < -0.3 is 4.90 Å². The van der Waals surface area contributed by atoms with Crippen molar-refractivity contribution >= 4 is 17.1 Å². The molecule has 1 nitrogen and oxygen atoms in total. The van der Waals surface area contributed by atoms with Crippen LogP contribution in [0.15, 0.2) is 133 Å².